The van der Waals surface area contributed by atoms with Crippen molar-refractivity contribution in [3.63, 3.8) is 0 Å². The number of hydrogen-bond acceptors (Lipinski definition) is 3. The minimum Gasteiger partial charge on any atom is -0.313 e. The van der Waals surface area contributed by atoms with Gasteiger partial charge in [0.15, 0.2) is 0 Å². The van der Waals surface area contributed by atoms with Gasteiger partial charge in [-0.25, -0.2) is 0 Å². The van der Waals surface area contributed by atoms with Gasteiger partial charge < -0.3 is 10.2 Å². The zero-order valence-corrected chi connectivity index (χ0v) is 12.0. The number of nitrogens with one attached hydrogen (secondary N) is 1. The van der Waals surface area contributed by atoms with Crippen LogP contribution in [0.4, 0.5) is 0 Å². The summed E-state index contributed by atoms with van der Waals surface area (Å²) in [6, 6.07) is 1.24. The second-order valence-electron chi connectivity index (χ2n) is 4.85. The van der Waals surface area contributed by atoms with E-state index in [4.69, 9.17) is 0 Å². The molecule has 1 unspecified atom stereocenters. The molecule has 0 spiro atoms. The zero-order valence-electron chi connectivity index (χ0n) is 11.2. The molecule has 92 valence electrons. The average Bonchev–Trinajstić information content (AvgIpc) is 2.13. The normalized spacial score (nSPS) is 14.2. The molecule has 0 amide bonds. The maximum Gasteiger partial charge on any atom is 0.0240 e. The fraction of sp³-hybridized carbons (Fsp3) is 1.00. The second kappa shape index (κ2) is 8.43. The van der Waals surface area contributed by atoms with E-state index in [1.54, 1.807) is 0 Å². The van der Waals surface area contributed by atoms with Crippen molar-refractivity contribution in [3.05, 3.63) is 0 Å². The Kier molecular flexibility index (Phi) is 8.58. The molecule has 0 aliphatic heterocycles. The Labute approximate surface area is 100 Å². The summed E-state index contributed by atoms with van der Waals surface area (Å²) in [7, 11) is 2.24. The predicted molar refractivity (Wildman–Crippen MR) is 72.8 cm³/mol. The molecule has 15 heavy (non-hydrogen) atoms. The number of likely N-dealkylation sites (N-methyl/N-ethyl adjacent to an activating group) is 1. The molecule has 0 aromatic carbocycles. The topological polar surface area (TPSA) is 15.3 Å². The van der Waals surface area contributed by atoms with Crippen LogP contribution in [0.25, 0.3) is 0 Å². The fourth-order valence-corrected chi connectivity index (χ4v) is 2.13. The molecule has 0 saturated carbocycles. The van der Waals surface area contributed by atoms with Crippen molar-refractivity contribution in [2.45, 2.75) is 39.8 Å². The van der Waals surface area contributed by atoms with E-state index in [0.29, 0.717) is 18.0 Å². The predicted octanol–water partition coefficient (Wildman–Crippen LogP) is 2.30. The molecule has 0 aliphatic rings. The van der Waals surface area contributed by atoms with Crippen molar-refractivity contribution < 1.29 is 0 Å². The van der Waals surface area contributed by atoms with Gasteiger partial charge in [0.1, 0.15) is 0 Å². The maximum absolute atomic E-state index is 3.54. The third-order valence-corrected chi connectivity index (χ3v) is 3.31. The average molecular weight is 232 g/mol. The molecule has 0 bridgehead atoms. The summed E-state index contributed by atoms with van der Waals surface area (Å²) in [4.78, 5) is 2.48. The van der Waals surface area contributed by atoms with Crippen LogP contribution in [0.1, 0.15) is 27.7 Å². The third kappa shape index (κ3) is 7.20. The molecule has 0 radical (unpaired) electrons. The van der Waals surface area contributed by atoms with Gasteiger partial charge in [-0.15, -0.1) is 0 Å². The number of thioether (sulfide) groups is 1. The molecular formula is C12H28N2S. The van der Waals surface area contributed by atoms with Crippen molar-refractivity contribution in [3.8, 4) is 0 Å². The lowest BCUT2D eigenvalue weighted by Crippen LogP contribution is -2.45. The monoisotopic (exact) mass is 232 g/mol. The van der Waals surface area contributed by atoms with Crippen LogP contribution in [0.5, 0.6) is 0 Å². The summed E-state index contributed by atoms with van der Waals surface area (Å²) in [5.41, 5.74) is 0. The summed E-state index contributed by atoms with van der Waals surface area (Å²) in [5, 5.41) is 3.54. The largest absolute Gasteiger partial charge is 0.313 e. The van der Waals surface area contributed by atoms with E-state index >= 15 is 0 Å². The van der Waals surface area contributed by atoms with Gasteiger partial charge in [-0.1, -0.05) is 27.7 Å². The highest BCUT2D eigenvalue weighted by molar-refractivity contribution is 7.98. The SMILES string of the molecule is CSCCN(C)C(CNC(C)C)C(C)C. The van der Waals surface area contributed by atoms with Gasteiger partial charge in [0.2, 0.25) is 0 Å². The van der Waals surface area contributed by atoms with Crippen molar-refractivity contribution >= 4 is 11.8 Å². The van der Waals surface area contributed by atoms with Crippen LogP contribution in [0.15, 0.2) is 0 Å². The molecule has 0 aromatic heterocycles. The van der Waals surface area contributed by atoms with E-state index in [-0.39, 0.29) is 0 Å². The smallest absolute Gasteiger partial charge is 0.0240 e. The van der Waals surface area contributed by atoms with Crippen LogP contribution < -0.4 is 5.32 Å². The Morgan fingerprint density at radius 2 is 1.80 bits per heavy atom. The highest BCUT2D eigenvalue weighted by Gasteiger charge is 2.17. The molecule has 0 saturated heterocycles. The standard InChI is InChI=1S/C12H28N2S/c1-10(2)12(9-13-11(3)4)14(5)7-8-15-6/h10-13H,7-9H2,1-6H3. The first-order valence-corrected chi connectivity index (χ1v) is 7.31. The van der Waals surface area contributed by atoms with Crippen LogP contribution in [0, 0.1) is 5.92 Å². The highest BCUT2D eigenvalue weighted by atomic mass is 32.2. The molecule has 2 nitrogen and oxygen atoms in total. The minimum atomic E-state index is 0.584. The van der Waals surface area contributed by atoms with Crippen molar-refractivity contribution in [1.29, 1.82) is 0 Å². The molecule has 0 aliphatic carbocycles. The van der Waals surface area contributed by atoms with Gasteiger partial charge in [0.05, 0.1) is 0 Å². The summed E-state index contributed by atoms with van der Waals surface area (Å²) < 4.78 is 0. The summed E-state index contributed by atoms with van der Waals surface area (Å²) in [6.45, 7) is 11.3. The van der Waals surface area contributed by atoms with E-state index in [1.807, 2.05) is 11.8 Å². The van der Waals surface area contributed by atoms with Crippen LogP contribution >= 0.6 is 11.8 Å². The lowest BCUT2D eigenvalue weighted by atomic mass is 10.0. The van der Waals surface area contributed by atoms with Gasteiger partial charge in [-0.2, -0.15) is 11.8 Å². The van der Waals surface area contributed by atoms with E-state index in [2.05, 4.69) is 51.2 Å². The number of rotatable bonds is 8. The molecule has 1 atom stereocenters. The minimum absolute atomic E-state index is 0.584. The maximum atomic E-state index is 3.54. The Balaban J connectivity index is 4.01. The quantitative estimate of drug-likeness (QED) is 0.691. The van der Waals surface area contributed by atoms with E-state index in [0.717, 1.165) is 6.54 Å². The van der Waals surface area contributed by atoms with Gasteiger partial charge in [-0.05, 0) is 19.2 Å². The van der Waals surface area contributed by atoms with Crippen molar-refractivity contribution in [2.24, 2.45) is 5.92 Å². The molecule has 0 fully saturated rings. The van der Waals surface area contributed by atoms with Crippen LogP contribution in [-0.4, -0.2) is 49.1 Å². The first-order chi connectivity index (χ1) is 6.99. The Hall–Kier alpha value is 0.270. The molecule has 3 heteroatoms. The van der Waals surface area contributed by atoms with Gasteiger partial charge >= 0.3 is 0 Å². The van der Waals surface area contributed by atoms with Crippen LogP contribution in [0.3, 0.4) is 0 Å². The first-order valence-electron chi connectivity index (χ1n) is 5.91. The van der Waals surface area contributed by atoms with Crippen LogP contribution in [0.2, 0.25) is 0 Å². The fourth-order valence-electron chi connectivity index (χ4n) is 1.66. The Bertz CT molecular complexity index is 149. The van der Waals surface area contributed by atoms with Crippen molar-refractivity contribution in [2.75, 3.05) is 32.1 Å². The van der Waals surface area contributed by atoms with Gasteiger partial charge in [0, 0.05) is 30.9 Å². The number of nitrogens with zero attached hydrogens (tertiary/aromatic N) is 1. The molecule has 0 aromatic rings. The molecule has 1 N–H and O–H groups in total. The van der Waals surface area contributed by atoms with Gasteiger partial charge in [0.25, 0.3) is 0 Å². The molecule has 0 heterocycles. The molecule has 0 rings (SSSR count). The van der Waals surface area contributed by atoms with E-state index < -0.39 is 0 Å². The zero-order chi connectivity index (χ0) is 11.8. The van der Waals surface area contributed by atoms with Gasteiger partial charge in [-0.3, -0.25) is 0 Å². The van der Waals surface area contributed by atoms with Crippen molar-refractivity contribution in [1.82, 2.24) is 10.2 Å². The summed E-state index contributed by atoms with van der Waals surface area (Å²) >= 11 is 1.92. The molecular weight excluding hydrogens is 204 g/mol. The van der Waals surface area contributed by atoms with E-state index in [9.17, 15) is 0 Å². The lowest BCUT2D eigenvalue weighted by Gasteiger charge is -2.32. The Morgan fingerprint density at radius 3 is 2.20 bits per heavy atom. The Morgan fingerprint density at radius 1 is 1.20 bits per heavy atom. The van der Waals surface area contributed by atoms with Crippen LogP contribution in [-0.2, 0) is 0 Å². The lowest BCUT2D eigenvalue weighted by molar-refractivity contribution is 0.194. The highest BCUT2D eigenvalue weighted by Crippen LogP contribution is 2.09. The summed E-state index contributed by atoms with van der Waals surface area (Å²) in [6.07, 6.45) is 2.17. The van der Waals surface area contributed by atoms with E-state index in [1.165, 1.54) is 12.3 Å². The second-order valence-corrected chi connectivity index (χ2v) is 5.83. The third-order valence-electron chi connectivity index (χ3n) is 2.72. The number of hydrogen-bond donors (Lipinski definition) is 1. The summed E-state index contributed by atoms with van der Waals surface area (Å²) in [5.74, 6) is 1.93. The first kappa shape index (κ1) is 15.3.